The Hall–Kier alpha value is -15.3. The van der Waals surface area contributed by atoms with Crippen molar-refractivity contribution in [2.24, 2.45) is 23.1 Å². The molecule has 0 bridgehead atoms. The number of carboxylic acids is 4. The molecule has 3 radical (unpaired) electrons. The van der Waals surface area contributed by atoms with Gasteiger partial charge < -0.3 is 70.0 Å². The molecule has 143 heavy (non-hydrogen) atoms. The molecular weight excluding hydrogens is 1900 g/mol. The van der Waals surface area contributed by atoms with E-state index in [9.17, 15) is 75.7 Å². The monoisotopic (exact) mass is 2010 g/mol. The van der Waals surface area contributed by atoms with E-state index in [2.05, 4.69) is 78.9 Å². The van der Waals surface area contributed by atoms with Crippen molar-refractivity contribution in [3.05, 3.63) is 270 Å². The van der Waals surface area contributed by atoms with Crippen molar-refractivity contribution in [2.75, 3.05) is 28.9 Å². The highest BCUT2D eigenvalue weighted by molar-refractivity contribution is 7.97. The summed E-state index contributed by atoms with van der Waals surface area (Å²) in [7, 11) is 0. The molecule has 23 rings (SSSR count). The molecule has 9 aliphatic carbocycles. The quantitative estimate of drug-likeness (QED) is 0.00631. The molecule has 18 N–H and O–H groups in total. The number of anilines is 3. The highest BCUT2D eigenvalue weighted by atomic mass is 35.5. The van der Waals surface area contributed by atoms with Crippen molar-refractivity contribution in [1.29, 1.82) is 0 Å². The number of Topliss-reactive ketones (excluding diaryl/α,β-unsaturated/α-hetero) is 1. The average Bonchev–Trinajstić information content (AvgIpc) is 1.66. The summed E-state index contributed by atoms with van der Waals surface area (Å²) in [6.07, 6.45) is 25.7. The van der Waals surface area contributed by atoms with Gasteiger partial charge in [0.15, 0.2) is 5.78 Å². The van der Waals surface area contributed by atoms with E-state index in [1.807, 2.05) is 55.5 Å². The maximum atomic E-state index is 14.4. The van der Waals surface area contributed by atoms with Crippen molar-refractivity contribution < 1.29 is 85.8 Å². The molecule has 5 heterocycles. The van der Waals surface area contributed by atoms with E-state index in [0.717, 1.165) is 193 Å². The topological polar surface area (TPSA) is 603 Å². The first-order chi connectivity index (χ1) is 67.3. The Labute approximate surface area is 825 Å². The van der Waals surface area contributed by atoms with Crippen LogP contribution in [0.25, 0.3) is 55.4 Å². The lowest BCUT2D eigenvalue weighted by Crippen LogP contribution is -2.29. The summed E-state index contributed by atoms with van der Waals surface area (Å²) in [6, 6.07) is 41.8. The number of nitrogens with two attached hydrogens (primary N) is 4. The number of thioether (sulfide) groups is 1. The van der Waals surface area contributed by atoms with E-state index in [4.69, 9.17) is 43.4 Å². The number of halogens is 6. The van der Waals surface area contributed by atoms with Crippen LogP contribution >= 0.6 is 24.2 Å². The van der Waals surface area contributed by atoms with Gasteiger partial charge in [-0.1, -0.05) is 33.0 Å². The van der Waals surface area contributed by atoms with Crippen molar-refractivity contribution in [2.45, 2.75) is 183 Å². The van der Waals surface area contributed by atoms with Crippen LogP contribution in [0.1, 0.15) is 226 Å². The number of aromatic carboxylic acids is 4. The van der Waals surface area contributed by atoms with Crippen molar-refractivity contribution in [1.82, 2.24) is 81.0 Å². The summed E-state index contributed by atoms with van der Waals surface area (Å²) in [5, 5.41) is 97.1. The van der Waals surface area contributed by atoms with Gasteiger partial charge in [0, 0.05) is 86.0 Å². The Kier molecular flexibility index (Phi) is 36.8. The summed E-state index contributed by atoms with van der Waals surface area (Å²) in [5.74, 6) is -8.11. The number of nitrogens with zero attached hydrogens (tertiary/aromatic N) is 16. The molecular formula is C96H104BClF5N24O15S. The van der Waals surface area contributed by atoms with Gasteiger partial charge in [-0.2, -0.15) is 16.2 Å². The number of benzene rings is 9. The predicted octanol–water partition coefficient (Wildman–Crippen LogP) is 16.2. The maximum absolute atomic E-state index is 14.4. The largest absolute Gasteiger partial charge is 0.478 e. The third-order valence-corrected chi connectivity index (χ3v) is 23.1. The lowest BCUT2D eigenvalue weighted by molar-refractivity contribution is -0.387. The Morgan fingerprint density at radius 1 is 0.497 bits per heavy atom. The number of imidazole rings is 1. The van der Waals surface area contributed by atoms with Crippen LogP contribution in [0.2, 0.25) is 0 Å². The van der Waals surface area contributed by atoms with E-state index in [0.29, 0.717) is 84.7 Å². The zero-order valence-corrected chi connectivity index (χ0v) is 79.0. The number of aromatic nitrogens is 14. The lowest BCUT2D eigenvalue weighted by atomic mass is 9.99. The Bertz CT molecular complexity index is 6860. The number of hydrogen-bond donors (Lipinski definition) is 12. The molecule has 749 valence electrons. The third-order valence-electron chi connectivity index (χ3n) is 23.1. The summed E-state index contributed by atoms with van der Waals surface area (Å²) < 4.78 is 77.2. The first kappa shape index (κ1) is 108. The molecule has 0 aliphatic heterocycles. The van der Waals surface area contributed by atoms with Gasteiger partial charge in [0.05, 0.1) is 102 Å². The molecule has 0 spiro atoms. The number of primary amides is 1. The molecule has 14 aromatic rings. The fourth-order valence-electron chi connectivity index (χ4n) is 14.4. The van der Waals surface area contributed by atoms with Gasteiger partial charge in [-0.3, -0.25) is 34.6 Å². The number of fused-ring (bicyclic) bond motifs is 4. The number of nitrogen functional groups attached to an aromatic ring is 1. The SMILES string of the molecule is CSC.Cl.Fc1ccc(F)c(-c2ncn(Cc3ccc4nnn(C5CC5)c4c3)c2C2CC2)c1.N.NC(=O)c1ccc2nnn(C3CC3)c2c1.NC1CC1.NCc1ccc2nnn(C3CC3)c2c1.Nc1ccc(C(=O)O)cc1NC1CC1.O=C(O)c1ccc([N+](=O)[O-])c(F)c1.O=C(O)c1ccc([N+](=O)[O-])c(NC2CC2)c1.O=C(O)c1ccc2nnn(C3CC3)c2c1.O=CNC(C(=O)C1CC1)c1cc(F)ccc1F.[B]. The van der Waals surface area contributed by atoms with Gasteiger partial charge in [0.1, 0.15) is 57.1 Å². The molecule has 9 aromatic carbocycles. The number of carbonyl (C=O) groups is 7. The number of rotatable bonds is 25. The van der Waals surface area contributed by atoms with E-state index >= 15 is 0 Å². The summed E-state index contributed by atoms with van der Waals surface area (Å²) in [4.78, 5) is 99.8. The Balaban J connectivity index is 0.000000156. The van der Waals surface area contributed by atoms with Crippen LogP contribution in [0.3, 0.4) is 0 Å². The third kappa shape index (κ3) is 29.4. The molecule has 39 nitrogen and oxygen atoms in total. The first-order valence-corrected chi connectivity index (χ1v) is 46.7. The Morgan fingerprint density at radius 3 is 1.32 bits per heavy atom. The number of ketones is 1. The van der Waals surface area contributed by atoms with E-state index in [1.54, 1.807) is 66.6 Å². The predicted molar refractivity (Wildman–Crippen MR) is 527 cm³/mol. The van der Waals surface area contributed by atoms with Gasteiger partial charge in [-0.15, -0.1) is 32.8 Å². The fraction of sp³-hybridized carbons (Fsp3) is 0.333. The maximum Gasteiger partial charge on any atom is 0.335 e. The number of carbonyl (C=O) groups excluding carboxylic acids is 3. The number of nitro groups is 2. The minimum Gasteiger partial charge on any atom is -0.478 e. The van der Waals surface area contributed by atoms with Gasteiger partial charge >= 0.3 is 29.6 Å². The second kappa shape index (κ2) is 48.7. The molecule has 1 unspecified atom stereocenters. The van der Waals surface area contributed by atoms with E-state index in [-0.39, 0.29) is 89.5 Å². The smallest absolute Gasteiger partial charge is 0.335 e. The van der Waals surface area contributed by atoms with Crippen LogP contribution in [-0.4, -0.2) is 181 Å². The lowest BCUT2D eigenvalue weighted by Gasteiger charge is -2.15. The average molecular weight is 2010 g/mol. The number of nitro benzene ring substituents is 2. The second-order valence-corrected chi connectivity index (χ2v) is 35.6. The minimum absolute atomic E-state index is 0. The summed E-state index contributed by atoms with van der Waals surface area (Å²) >= 11 is 1.75. The molecule has 2 amide bonds. The van der Waals surface area contributed by atoms with Crippen molar-refractivity contribution in [3.8, 4) is 11.3 Å². The van der Waals surface area contributed by atoms with E-state index in [1.165, 1.54) is 62.1 Å². The molecule has 9 saturated carbocycles. The molecule has 1 atom stereocenters. The summed E-state index contributed by atoms with van der Waals surface area (Å²) in [6.45, 7) is 1.20. The van der Waals surface area contributed by atoms with Crippen molar-refractivity contribution >= 4 is 147 Å². The van der Waals surface area contributed by atoms with Gasteiger partial charge in [-0.25, -0.2) is 60.5 Å². The summed E-state index contributed by atoms with van der Waals surface area (Å²) in [5.41, 5.74) is 34.6. The van der Waals surface area contributed by atoms with Crippen LogP contribution in [0.5, 0.6) is 0 Å². The molecule has 9 aliphatic rings. The highest BCUT2D eigenvalue weighted by Crippen LogP contribution is 2.46. The number of nitrogens with one attached hydrogen (secondary N) is 3. The van der Waals surface area contributed by atoms with Crippen LogP contribution in [0, 0.1) is 55.2 Å². The van der Waals surface area contributed by atoms with Crippen LogP contribution in [0.15, 0.2) is 170 Å². The Morgan fingerprint density at radius 2 is 0.895 bits per heavy atom. The molecule has 5 aromatic heterocycles. The number of hydrogen-bond acceptors (Lipinski definition) is 27. The van der Waals surface area contributed by atoms with E-state index < -0.39 is 80.4 Å². The standard InChI is InChI=1S/C22H19F2N5.C12H11F2NO2.C10H10N4O.C10H12N4.C10H9N3O2.C10H10N2O4.C10H12N2O2.C7H4FNO4.C3H7N.C2H6S.B.ClH.H3N/c23-15-4-7-18(24)17(10-15)21-22(14-2-3-14)28(12-25-21)11-13-1-8-19-20(9-13)29(27-26-19)16-5-6-16;13-8-3-4-10(14)9(5-8)11(15-6-16)12(17)7-1-2-7;11-10(15)6-1-4-8-9(5-6)14(13-12-8)7-2-3-7;11-6-7-1-4-9-10(5-7)14(13-12-9)8-2-3-8;14-10(15)6-1-4-8-9(5-6)13(12-11-8)7-2-3-7;13-10(14)6-1-4-9(12(15)16)8(5-6)11-7-2-3-7;11-8-4-1-6(10(13)14)5-9(8)12-7-2-3-7;8-5-3-4(7(10)11)1-2-6(5)9(12)13;4-3-1-2-3;1-3-2;;;/h1,4,7-10,12,14,16H,2-3,5-6,11H2;3-7,11H,1-2H2,(H,15,16);1,4-5,7H,2-3H2,(H2,11,15);1,4-5,8H,2-3,6,11H2;1,4-5,7H,2-3H2,(H,14,15);1,4-5,7,11H,2-3H2,(H,13,14);1,4-5,7,12H,2-3,11H2,(H,13,14);1-3H,(H,10,11);3H,1-2,4H2;1-2H3;;1H;1H3. The molecule has 9 fully saturated rings. The van der Waals surface area contributed by atoms with Crippen LogP contribution in [0.4, 0.5) is 50.4 Å². The van der Waals surface area contributed by atoms with Crippen molar-refractivity contribution in [3.63, 3.8) is 0 Å². The number of carboxylic acid groups (broad SMARTS) is 4. The minimum atomic E-state index is -1.33. The normalized spacial score (nSPS) is 15.1. The van der Waals surface area contributed by atoms with Gasteiger partial charge in [0.25, 0.3) is 5.69 Å². The zero-order valence-electron chi connectivity index (χ0n) is 77.4. The number of amides is 2. The van der Waals surface area contributed by atoms with Crippen LogP contribution < -0.4 is 45.0 Å². The van der Waals surface area contributed by atoms with Gasteiger partial charge in [-0.05, 0) is 279 Å². The first-order valence-electron chi connectivity index (χ1n) is 45.1. The second-order valence-electron chi connectivity index (χ2n) is 34.8. The molecule has 47 heteroatoms. The molecule has 0 saturated heterocycles. The van der Waals surface area contributed by atoms with Gasteiger partial charge in [0.2, 0.25) is 18.1 Å². The van der Waals surface area contributed by atoms with Crippen LogP contribution in [-0.2, 0) is 22.7 Å². The zero-order chi connectivity index (χ0) is 99.9. The highest BCUT2D eigenvalue weighted by Gasteiger charge is 2.38. The fourth-order valence-corrected chi connectivity index (χ4v) is 14.4.